The molecule has 1 aromatic heterocycles. The molecule has 8 heteroatoms. The third-order valence-corrected chi connectivity index (χ3v) is 3.64. The van der Waals surface area contributed by atoms with Crippen molar-refractivity contribution >= 4 is 11.6 Å². The van der Waals surface area contributed by atoms with Gasteiger partial charge < -0.3 is 14.8 Å². The zero-order chi connectivity index (χ0) is 17.9. The van der Waals surface area contributed by atoms with Crippen LogP contribution in [0.15, 0.2) is 42.6 Å². The lowest BCUT2D eigenvalue weighted by atomic mass is 10.2. The molecule has 0 aliphatic carbocycles. The fourth-order valence-electron chi connectivity index (χ4n) is 2.34. The maximum Gasteiger partial charge on any atom is 0.416 e. The third-order valence-electron chi connectivity index (χ3n) is 3.64. The number of carbonyl (C=O) groups excluding carboxylic acids is 1. The first kappa shape index (κ1) is 17.2. The molecule has 1 fully saturated rings. The Kier molecular flexibility index (Phi) is 4.89. The van der Waals surface area contributed by atoms with Gasteiger partial charge in [0, 0.05) is 29.9 Å². The molecule has 25 heavy (non-hydrogen) atoms. The van der Waals surface area contributed by atoms with Crippen molar-refractivity contribution in [3.8, 4) is 5.88 Å². The van der Waals surface area contributed by atoms with E-state index < -0.39 is 17.6 Å². The molecule has 132 valence electrons. The van der Waals surface area contributed by atoms with Gasteiger partial charge in [-0.1, -0.05) is 0 Å². The maximum absolute atomic E-state index is 12.5. The van der Waals surface area contributed by atoms with Gasteiger partial charge in [-0.2, -0.15) is 13.2 Å². The summed E-state index contributed by atoms with van der Waals surface area (Å²) < 4.78 is 48.5. The molecule has 2 aromatic rings. The van der Waals surface area contributed by atoms with Gasteiger partial charge in [0.1, 0.15) is 6.10 Å². The van der Waals surface area contributed by atoms with Crippen molar-refractivity contribution < 1.29 is 27.4 Å². The molecule has 0 saturated carbocycles. The Bertz CT molecular complexity index is 742. The van der Waals surface area contributed by atoms with Crippen LogP contribution in [0.3, 0.4) is 0 Å². The summed E-state index contributed by atoms with van der Waals surface area (Å²) in [5, 5.41) is 2.54. The standard InChI is InChI=1S/C17H15F3N2O3/c18-17(19,20)12-1-3-13(4-2-12)22-16(23)11-5-7-21-15(9-11)25-14-6-8-24-10-14/h1-5,7,9,14H,6,8,10H2,(H,22,23)/t14-/m1/s1. The van der Waals surface area contributed by atoms with Crippen LogP contribution >= 0.6 is 0 Å². The second kappa shape index (κ2) is 7.10. The monoisotopic (exact) mass is 352 g/mol. The molecule has 1 amide bonds. The van der Waals surface area contributed by atoms with Crippen LogP contribution < -0.4 is 10.1 Å². The number of anilines is 1. The lowest BCUT2D eigenvalue weighted by molar-refractivity contribution is -0.137. The summed E-state index contributed by atoms with van der Waals surface area (Å²) in [6.07, 6.45) is -2.32. The summed E-state index contributed by atoms with van der Waals surface area (Å²) >= 11 is 0. The van der Waals surface area contributed by atoms with E-state index in [1.807, 2.05) is 0 Å². The number of ether oxygens (including phenoxy) is 2. The Hall–Kier alpha value is -2.61. The molecule has 1 atom stereocenters. The Morgan fingerprint density at radius 2 is 2.00 bits per heavy atom. The number of amides is 1. The summed E-state index contributed by atoms with van der Waals surface area (Å²) in [6, 6.07) is 7.22. The quantitative estimate of drug-likeness (QED) is 0.915. The molecule has 0 radical (unpaired) electrons. The number of hydrogen-bond donors (Lipinski definition) is 1. The number of carbonyl (C=O) groups is 1. The SMILES string of the molecule is O=C(Nc1ccc(C(F)(F)F)cc1)c1ccnc(O[C@@H]2CCOC2)c1. The highest BCUT2D eigenvalue weighted by Gasteiger charge is 2.30. The lowest BCUT2D eigenvalue weighted by Crippen LogP contribution is -2.17. The predicted octanol–water partition coefficient (Wildman–Crippen LogP) is 3.52. The van der Waals surface area contributed by atoms with Crippen molar-refractivity contribution in [1.29, 1.82) is 0 Å². The Balaban J connectivity index is 1.66. The number of nitrogens with one attached hydrogen (secondary N) is 1. The van der Waals surface area contributed by atoms with Gasteiger partial charge in [-0.15, -0.1) is 0 Å². The number of aromatic nitrogens is 1. The van der Waals surface area contributed by atoms with Crippen LogP contribution in [0.25, 0.3) is 0 Å². The molecule has 0 spiro atoms. The first-order valence-electron chi connectivity index (χ1n) is 7.61. The highest BCUT2D eigenvalue weighted by atomic mass is 19.4. The van der Waals surface area contributed by atoms with E-state index in [1.54, 1.807) is 0 Å². The summed E-state index contributed by atoms with van der Waals surface area (Å²) in [7, 11) is 0. The average Bonchev–Trinajstić information content (AvgIpc) is 3.08. The first-order valence-corrected chi connectivity index (χ1v) is 7.61. The molecule has 1 aliphatic rings. The molecule has 3 rings (SSSR count). The number of benzene rings is 1. The average molecular weight is 352 g/mol. The van der Waals surface area contributed by atoms with E-state index in [0.29, 0.717) is 24.7 Å². The van der Waals surface area contributed by atoms with Crippen LogP contribution in [0.5, 0.6) is 5.88 Å². The van der Waals surface area contributed by atoms with Gasteiger partial charge in [0.25, 0.3) is 5.91 Å². The van der Waals surface area contributed by atoms with E-state index in [9.17, 15) is 18.0 Å². The molecule has 2 heterocycles. The minimum Gasteiger partial charge on any atom is -0.472 e. The molecule has 5 nitrogen and oxygen atoms in total. The molecular weight excluding hydrogens is 337 g/mol. The second-order valence-corrected chi connectivity index (χ2v) is 5.52. The van der Waals surface area contributed by atoms with Gasteiger partial charge >= 0.3 is 6.18 Å². The summed E-state index contributed by atoms with van der Waals surface area (Å²) in [5.41, 5.74) is -0.214. The normalized spacial score (nSPS) is 17.3. The van der Waals surface area contributed by atoms with Gasteiger partial charge in [0.2, 0.25) is 5.88 Å². The van der Waals surface area contributed by atoms with Gasteiger partial charge in [-0.3, -0.25) is 4.79 Å². The van der Waals surface area contributed by atoms with E-state index in [2.05, 4.69) is 10.3 Å². The fraction of sp³-hybridized carbons (Fsp3) is 0.294. The van der Waals surface area contributed by atoms with Crippen molar-refractivity contribution in [2.24, 2.45) is 0 Å². The lowest BCUT2D eigenvalue weighted by Gasteiger charge is -2.12. The van der Waals surface area contributed by atoms with Crippen LogP contribution in [-0.4, -0.2) is 30.2 Å². The number of rotatable bonds is 4. The van der Waals surface area contributed by atoms with Crippen LogP contribution in [0.4, 0.5) is 18.9 Å². The number of hydrogen-bond acceptors (Lipinski definition) is 4. The summed E-state index contributed by atoms with van der Waals surface area (Å²) in [5.74, 6) is -0.162. The van der Waals surface area contributed by atoms with Gasteiger partial charge in [-0.25, -0.2) is 4.98 Å². The predicted molar refractivity (Wildman–Crippen MR) is 83.5 cm³/mol. The molecule has 1 aliphatic heterocycles. The first-order chi connectivity index (χ1) is 11.9. The minimum atomic E-state index is -4.41. The number of halogens is 3. The van der Waals surface area contributed by atoms with Gasteiger partial charge in [-0.05, 0) is 30.3 Å². The third kappa shape index (κ3) is 4.48. The number of alkyl halides is 3. The molecule has 1 saturated heterocycles. The van der Waals surface area contributed by atoms with Crippen LogP contribution in [0, 0.1) is 0 Å². The maximum atomic E-state index is 12.5. The highest BCUT2D eigenvalue weighted by molar-refractivity contribution is 6.04. The van der Waals surface area contributed by atoms with Crippen molar-refractivity contribution in [2.75, 3.05) is 18.5 Å². The highest BCUT2D eigenvalue weighted by Crippen LogP contribution is 2.29. The number of pyridine rings is 1. The summed E-state index contributed by atoms with van der Waals surface area (Å²) in [4.78, 5) is 16.3. The molecule has 0 bridgehead atoms. The van der Waals surface area contributed by atoms with E-state index in [1.165, 1.54) is 30.5 Å². The van der Waals surface area contributed by atoms with Crippen LogP contribution in [-0.2, 0) is 10.9 Å². The Labute approximate surface area is 141 Å². The molecule has 0 unspecified atom stereocenters. The smallest absolute Gasteiger partial charge is 0.416 e. The van der Waals surface area contributed by atoms with E-state index in [0.717, 1.165) is 18.6 Å². The Morgan fingerprint density at radius 1 is 1.24 bits per heavy atom. The minimum absolute atomic E-state index is 0.0966. The largest absolute Gasteiger partial charge is 0.472 e. The van der Waals surface area contributed by atoms with Gasteiger partial charge in [0.15, 0.2) is 0 Å². The molecule has 1 N–H and O–H groups in total. The molecular formula is C17H15F3N2O3. The van der Waals surface area contributed by atoms with Crippen molar-refractivity contribution in [1.82, 2.24) is 4.98 Å². The van der Waals surface area contributed by atoms with E-state index in [-0.39, 0.29) is 11.8 Å². The van der Waals surface area contributed by atoms with Crippen molar-refractivity contribution in [3.63, 3.8) is 0 Å². The van der Waals surface area contributed by atoms with Crippen molar-refractivity contribution in [3.05, 3.63) is 53.7 Å². The van der Waals surface area contributed by atoms with E-state index >= 15 is 0 Å². The van der Waals surface area contributed by atoms with Gasteiger partial charge in [0.05, 0.1) is 18.8 Å². The Morgan fingerprint density at radius 3 is 2.64 bits per heavy atom. The summed E-state index contributed by atoms with van der Waals surface area (Å²) in [6.45, 7) is 1.10. The fourth-order valence-corrected chi connectivity index (χ4v) is 2.34. The molecule has 1 aromatic carbocycles. The topological polar surface area (TPSA) is 60.5 Å². The second-order valence-electron chi connectivity index (χ2n) is 5.52. The van der Waals surface area contributed by atoms with Crippen LogP contribution in [0.2, 0.25) is 0 Å². The zero-order valence-electron chi connectivity index (χ0n) is 13.0. The van der Waals surface area contributed by atoms with E-state index in [4.69, 9.17) is 9.47 Å². The zero-order valence-corrected chi connectivity index (χ0v) is 13.0. The van der Waals surface area contributed by atoms with Crippen molar-refractivity contribution in [2.45, 2.75) is 18.7 Å². The number of nitrogens with zero attached hydrogens (tertiary/aromatic N) is 1. The van der Waals surface area contributed by atoms with Crippen LogP contribution in [0.1, 0.15) is 22.3 Å².